The maximum absolute atomic E-state index is 12.1. The lowest BCUT2D eigenvalue weighted by molar-refractivity contribution is -0.119. The van der Waals surface area contributed by atoms with Gasteiger partial charge in [0, 0.05) is 31.9 Å². The summed E-state index contributed by atoms with van der Waals surface area (Å²) < 4.78 is 17.9. The van der Waals surface area contributed by atoms with Gasteiger partial charge in [0.25, 0.3) is 0 Å². The van der Waals surface area contributed by atoms with E-state index in [9.17, 15) is 4.79 Å². The molecule has 0 spiro atoms. The number of nitrogens with zero attached hydrogens (tertiary/aromatic N) is 3. The summed E-state index contributed by atoms with van der Waals surface area (Å²) in [6.07, 6.45) is 1.70. The molecule has 1 heterocycles. The van der Waals surface area contributed by atoms with Crippen LogP contribution in [-0.4, -0.2) is 60.4 Å². The van der Waals surface area contributed by atoms with Crippen LogP contribution in [0.25, 0.3) is 11.4 Å². The summed E-state index contributed by atoms with van der Waals surface area (Å²) in [6, 6.07) is 5.79. The van der Waals surface area contributed by atoms with E-state index in [4.69, 9.17) is 14.2 Å². The topological polar surface area (TPSA) is 87.5 Å². The number of hydrogen-bond donors (Lipinski definition) is 1. The van der Waals surface area contributed by atoms with Crippen LogP contribution in [0.4, 0.5) is 0 Å². The van der Waals surface area contributed by atoms with Gasteiger partial charge in [-0.1, -0.05) is 18.7 Å². The van der Waals surface area contributed by atoms with Gasteiger partial charge in [-0.2, -0.15) is 0 Å². The number of thioether (sulfide) groups is 1. The Labute approximate surface area is 176 Å². The molecule has 0 aliphatic carbocycles. The SMILES string of the molecule is CCC(C)NC(=O)CSc1nnc(-c2ccc(OC)c(OC)c2)n1CCCOC. The summed E-state index contributed by atoms with van der Waals surface area (Å²) >= 11 is 1.38. The molecular weight excluding hydrogens is 392 g/mol. The van der Waals surface area contributed by atoms with Gasteiger partial charge in [0.2, 0.25) is 5.91 Å². The van der Waals surface area contributed by atoms with Crippen LogP contribution in [0, 0.1) is 0 Å². The Morgan fingerprint density at radius 2 is 1.97 bits per heavy atom. The summed E-state index contributed by atoms with van der Waals surface area (Å²) in [7, 11) is 4.88. The molecule has 1 unspecified atom stereocenters. The first-order chi connectivity index (χ1) is 14.0. The van der Waals surface area contributed by atoms with Gasteiger partial charge in [-0.15, -0.1) is 10.2 Å². The molecule has 0 bridgehead atoms. The number of ether oxygens (including phenoxy) is 3. The van der Waals surface area contributed by atoms with E-state index < -0.39 is 0 Å². The van der Waals surface area contributed by atoms with Crippen molar-refractivity contribution in [2.75, 3.05) is 33.7 Å². The number of carbonyl (C=O) groups excluding carboxylic acids is 1. The quantitative estimate of drug-likeness (QED) is 0.415. The average Bonchev–Trinajstić information content (AvgIpc) is 3.14. The van der Waals surface area contributed by atoms with Crippen molar-refractivity contribution >= 4 is 17.7 Å². The van der Waals surface area contributed by atoms with Crippen molar-refractivity contribution in [3.05, 3.63) is 18.2 Å². The maximum atomic E-state index is 12.1. The van der Waals surface area contributed by atoms with Crippen LogP contribution in [0.3, 0.4) is 0 Å². The van der Waals surface area contributed by atoms with Gasteiger partial charge in [0.15, 0.2) is 22.5 Å². The van der Waals surface area contributed by atoms with Crippen LogP contribution in [-0.2, 0) is 16.1 Å². The highest BCUT2D eigenvalue weighted by atomic mass is 32.2. The molecule has 160 valence electrons. The molecule has 1 N–H and O–H groups in total. The highest BCUT2D eigenvalue weighted by Gasteiger charge is 2.17. The van der Waals surface area contributed by atoms with Crippen molar-refractivity contribution < 1.29 is 19.0 Å². The van der Waals surface area contributed by atoms with Gasteiger partial charge in [0.1, 0.15) is 0 Å². The van der Waals surface area contributed by atoms with E-state index in [1.165, 1.54) is 11.8 Å². The van der Waals surface area contributed by atoms with Gasteiger partial charge in [0.05, 0.1) is 20.0 Å². The number of hydrogen-bond acceptors (Lipinski definition) is 7. The summed E-state index contributed by atoms with van der Waals surface area (Å²) in [5.41, 5.74) is 0.864. The fraction of sp³-hybridized carbons (Fsp3) is 0.550. The van der Waals surface area contributed by atoms with Crippen molar-refractivity contribution in [3.63, 3.8) is 0 Å². The van der Waals surface area contributed by atoms with Gasteiger partial charge in [-0.3, -0.25) is 4.79 Å². The third-order valence-corrected chi connectivity index (χ3v) is 5.41. The Morgan fingerprint density at radius 3 is 2.62 bits per heavy atom. The summed E-state index contributed by atoms with van der Waals surface area (Å²) in [4.78, 5) is 12.1. The number of amides is 1. The molecule has 0 aliphatic rings. The molecule has 29 heavy (non-hydrogen) atoms. The second-order valence-corrected chi connectivity index (χ2v) is 7.48. The minimum atomic E-state index is -0.0107. The first kappa shape index (κ1) is 23.0. The zero-order valence-electron chi connectivity index (χ0n) is 17.7. The zero-order chi connectivity index (χ0) is 21.2. The van der Waals surface area contributed by atoms with Crippen LogP contribution < -0.4 is 14.8 Å². The smallest absolute Gasteiger partial charge is 0.230 e. The Hall–Kier alpha value is -2.26. The highest BCUT2D eigenvalue weighted by Crippen LogP contribution is 2.33. The van der Waals surface area contributed by atoms with Crippen molar-refractivity contribution in [1.82, 2.24) is 20.1 Å². The molecular formula is C20H30N4O4S. The number of carbonyl (C=O) groups is 1. The van der Waals surface area contributed by atoms with E-state index in [0.29, 0.717) is 41.4 Å². The second-order valence-electron chi connectivity index (χ2n) is 6.54. The van der Waals surface area contributed by atoms with E-state index in [1.807, 2.05) is 36.6 Å². The van der Waals surface area contributed by atoms with Crippen LogP contribution in [0.5, 0.6) is 11.5 Å². The Morgan fingerprint density at radius 1 is 1.21 bits per heavy atom. The minimum Gasteiger partial charge on any atom is -0.493 e. The molecule has 1 aromatic carbocycles. The molecule has 9 heteroatoms. The van der Waals surface area contributed by atoms with Crippen molar-refractivity contribution in [3.8, 4) is 22.9 Å². The van der Waals surface area contributed by atoms with Gasteiger partial charge in [-0.25, -0.2) is 0 Å². The predicted molar refractivity (Wildman–Crippen MR) is 114 cm³/mol. The maximum Gasteiger partial charge on any atom is 0.230 e. The largest absolute Gasteiger partial charge is 0.493 e. The first-order valence-corrected chi connectivity index (χ1v) is 10.6. The Balaban J connectivity index is 2.25. The van der Waals surface area contributed by atoms with E-state index in [0.717, 1.165) is 18.4 Å². The Bertz CT molecular complexity index is 797. The molecule has 0 saturated heterocycles. The molecule has 1 atom stereocenters. The third-order valence-electron chi connectivity index (χ3n) is 4.44. The van der Waals surface area contributed by atoms with Crippen molar-refractivity contribution in [2.24, 2.45) is 0 Å². The van der Waals surface area contributed by atoms with Gasteiger partial charge < -0.3 is 24.1 Å². The van der Waals surface area contributed by atoms with Crippen LogP contribution in [0.1, 0.15) is 26.7 Å². The molecule has 1 aromatic heterocycles. The molecule has 0 aliphatic heterocycles. The molecule has 2 aromatic rings. The molecule has 2 rings (SSSR count). The molecule has 0 saturated carbocycles. The highest BCUT2D eigenvalue weighted by molar-refractivity contribution is 7.99. The first-order valence-electron chi connectivity index (χ1n) is 9.60. The van der Waals surface area contributed by atoms with E-state index >= 15 is 0 Å². The second kappa shape index (κ2) is 11.7. The average molecular weight is 423 g/mol. The number of rotatable bonds is 12. The lowest BCUT2D eigenvalue weighted by Crippen LogP contribution is -2.33. The van der Waals surface area contributed by atoms with E-state index in [2.05, 4.69) is 15.5 Å². The monoisotopic (exact) mass is 422 g/mol. The number of aromatic nitrogens is 3. The van der Waals surface area contributed by atoms with Gasteiger partial charge in [-0.05, 0) is 38.0 Å². The lowest BCUT2D eigenvalue weighted by Gasteiger charge is -2.13. The fourth-order valence-electron chi connectivity index (χ4n) is 2.70. The third kappa shape index (κ3) is 6.37. The lowest BCUT2D eigenvalue weighted by atomic mass is 10.2. The fourth-order valence-corrected chi connectivity index (χ4v) is 3.48. The van der Waals surface area contributed by atoms with Crippen LogP contribution in [0.2, 0.25) is 0 Å². The summed E-state index contributed by atoms with van der Waals surface area (Å²) in [6.45, 7) is 5.34. The molecule has 1 amide bonds. The van der Waals surface area contributed by atoms with E-state index in [-0.39, 0.29) is 11.9 Å². The molecule has 0 fully saturated rings. The zero-order valence-corrected chi connectivity index (χ0v) is 18.5. The normalized spacial score (nSPS) is 11.9. The standard InChI is InChI=1S/C20H30N4O4S/c1-6-14(2)21-18(25)13-29-20-23-22-19(24(20)10-7-11-26-3)15-8-9-16(27-4)17(12-15)28-5/h8-9,12,14H,6-7,10-11,13H2,1-5H3,(H,21,25). The number of benzene rings is 1. The number of nitrogens with one attached hydrogen (secondary N) is 1. The Kier molecular flexibility index (Phi) is 9.27. The molecule has 0 radical (unpaired) electrons. The summed E-state index contributed by atoms with van der Waals surface area (Å²) in [5, 5.41) is 12.4. The van der Waals surface area contributed by atoms with Crippen molar-refractivity contribution in [1.29, 1.82) is 0 Å². The van der Waals surface area contributed by atoms with Gasteiger partial charge >= 0.3 is 0 Å². The summed E-state index contributed by atoms with van der Waals surface area (Å²) in [5.74, 6) is 2.27. The van der Waals surface area contributed by atoms with Crippen molar-refractivity contribution in [2.45, 2.75) is 44.4 Å². The molecule has 8 nitrogen and oxygen atoms in total. The van der Waals surface area contributed by atoms with E-state index in [1.54, 1.807) is 21.3 Å². The van der Waals surface area contributed by atoms with Crippen LogP contribution >= 0.6 is 11.8 Å². The van der Waals surface area contributed by atoms with Crippen LogP contribution in [0.15, 0.2) is 23.4 Å². The predicted octanol–water partition coefficient (Wildman–Crippen LogP) is 3.01. The minimum absolute atomic E-state index is 0.0107. The number of methoxy groups -OCH3 is 3.